The zero-order valence-electron chi connectivity index (χ0n) is 14.7. The summed E-state index contributed by atoms with van der Waals surface area (Å²) in [5.41, 5.74) is 3.84. The highest BCUT2D eigenvalue weighted by Gasteiger charge is 2.25. The van der Waals surface area contributed by atoms with E-state index in [-0.39, 0.29) is 11.8 Å². The first-order valence-electron chi connectivity index (χ1n) is 8.59. The Hall–Kier alpha value is -2.69. The number of nitrogens with zero attached hydrogens (tertiary/aromatic N) is 3. The maximum absolute atomic E-state index is 12.6. The topological polar surface area (TPSA) is 53.5 Å². The van der Waals surface area contributed by atoms with Crippen molar-refractivity contribution < 1.29 is 9.59 Å². The molecule has 25 heavy (non-hydrogen) atoms. The van der Waals surface area contributed by atoms with Gasteiger partial charge in [0.15, 0.2) is 0 Å². The van der Waals surface area contributed by atoms with Crippen LogP contribution in [0.2, 0.25) is 0 Å². The number of hydrogen-bond donors (Lipinski definition) is 0. The third-order valence-electron chi connectivity index (χ3n) is 4.65. The lowest BCUT2D eigenvalue weighted by atomic mass is 10.0. The van der Waals surface area contributed by atoms with E-state index in [4.69, 9.17) is 0 Å². The number of carbonyl (C=O) groups excluding carboxylic acids is 2. The summed E-state index contributed by atoms with van der Waals surface area (Å²) in [4.78, 5) is 32.7. The van der Waals surface area contributed by atoms with Crippen LogP contribution in [0.15, 0.2) is 42.6 Å². The van der Waals surface area contributed by atoms with Gasteiger partial charge in [0.1, 0.15) is 5.69 Å². The summed E-state index contributed by atoms with van der Waals surface area (Å²) in [6.45, 7) is 6.31. The Balaban J connectivity index is 1.57. The molecule has 1 aromatic carbocycles. The number of rotatable bonds is 3. The van der Waals surface area contributed by atoms with Crippen molar-refractivity contribution in [2.75, 3.05) is 26.2 Å². The molecule has 5 nitrogen and oxygen atoms in total. The van der Waals surface area contributed by atoms with Crippen molar-refractivity contribution in [2.45, 2.75) is 20.3 Å². The minimum atomic E-state index is -0.0674. The lowest BCUT2D eigenvalue weighted by Gasteiger charge is -2.34. The number of amides is 2. The number of benzene rings is 1. The molecule has 1 aromatic heterocycles. The van der Waals surface area contributed by atoms with Crippen LogP contribution in [0.1, 0.15) is 27.2 Å². The number of aryl methyl sites for hydroxylation is 2. The van der Waals surface area contributed by atoms with Crippen molar-refractivity contribution in [3.8, 4) is 0 Å². The third kappa shape index (κ3) is 4.05. The SMILES string of the molecule is Cc1ccc(C)c(CC(=O)N2CCN(C(=O)c3ccccn3)CC2)c1. The number of carbonyl (C=O) groups is 2. The van der Waals surface area contributed by atoms with Crippen molar-refractivity contribution in [1.29, 1.82) is 0 Å². The van der Waals surface area contributed by atoms with E-state index in [9.17, 15) is 9.59 Å². The molecule has 1 saturated heterocycles. The van der Waals surface area contributed by atoms with Crippen LogP contribution in [-0.2, 0) is 11.2 Å². The molecule has 0 saturated carbocycles. The van der Waals surface area contributed by atoms with E-state index in [1.54, 1.807) is 23.2 Å². The molecule has 0 N–H and O–H groups in total. The molecule has 2 heterocycles. The largest absolute Gasteiger partial charge is 0.339 e. The fourth-order valence-electron chi connectivity index (χ4n) is 3.08. The summed E-state index contributed by atoms with van der Waals surface area (Å²) in [6, 6.07) is 11.5. The molecule has 2 aromatic rings. The lowest BCUT2D eigenvalue weighted by molar-refractivity contribution is -0.131. The van der Waals surface area contributed by atoms with Gasteiger partial charge in [0, 0.05) is 32.4 Å². The minimum absolute atomic E-state index is 0.0674. The summed E-state index contributed by atoms with van der Waals surface area (Å²) < 4.78 is 0. The molecule has 5 heteroatoms. The fraction of sp³-hybridized carbons (Fsp3) is 0.350. The van der Waals surface area contributed by atoms with Gasteiger partial charge in [-0.1, -0.05) is 29.8 Å². The Bertz CT molecular complexity index is 766. The molecule has 0 radical (unpaired) electrons. The Morgan fingerprint density at radius 1 is 1.00 bits per heavy atom. The van der Waals surface area contributed by atoms with E-state index in [0.717, 1.165) is 11.1 Å². The van der Waals surface area contributed by atoms with Gasteiger partial charge >= 0.3 is 0 Å². The second-order valence-electron chi connectivity index (χ2n) is 6.49. The summed E-state index contributed by atoms with van der Waals surface area (Å²) in [5, 5.41) is 0. The van der Waals surface area contributed by atoms with Gasteiger partial charge in [0.05, 0.1) is 6.42 Å². The van der Waals surface area contributed by atoms with Gasteiger partial charge in [-0.05, 0) is 37.1 Å². The van der Waals surface area contributed by atoms with Crippen molar-refractivity contribution >= 4 is 11.8 Å². The normalized spacial score (nSPS) is 14.5. The summed E-state index contributed by atoms with van der Waals surface area (Å²) in [5.74, 6) is 0.0564. The van der Waals surface area contributed by atoms with Gasteiger partial charge in [-0.25, -0.2) is 0 Å². The highest BCUT2D eigenvalue weighted by molar-refractivity contribution is 5.92. The molecule has 1 aliphatic heterocycles. The number of pyridine rings is 1. The average molecular weight is 337 g/mol. The van der Waals surface area contributed by atoms with E-state index < -0.39 is 0 Å². The van der Waals surface area contributed by atoms with E-state index in [1.165, 1.54) is 5.56 Å². The molecule has 0 bridgehead atoms. The van der Waals surface area contributed by atoms with E-state index in [0.29, 0.717) is 38.3 Å². The molecule has 0 aliphatic carbocycles. The van der Waals surface area contributed by atoms with Gasteiger partial charge < -0.3 is 9.80 Å². The maximum Gasteiger partial charge on any atom is 0.272 e. The molecule has 0 atom stereocenters. The Labute approximate surface area is 148 Å². The number of piperazine rings is 1. The van der Waals surface area contributed by atoms with E-state index in [2.05, 4.69) is 23.2 Å². The van der Waals surface area contributed by atoms with Crippen molar-refractivity contribution in [3.63, 3.8) is 0 Å². The maximum atomic E-state index is 12.6. The first-order valence-corrected chi connectivity index (χ1v) is 8.59. The molecule has 2 amide bonds. The first-order chi connectivity index (χ1) is 12.0. The standard InChI is InChI=1S/C20H23N3O2/c1-15-6-7-16(2)17(13-15)14-19(24)22-9-11-23(12-10-22)20(25)18-5-3-4-8-21-18/h3-8,13H,9-12,14H2,1-2H3. The molecule has 0 unspecified atom stereocenters. The van der Waals surface area contributed by atoms with Gasteiger partial charge in [-0.3, -0.25) is 14.6 Å². The average Bonchev–Trinajstić information content (AvgIpc) is 2.65. The van der Waals surface area contributed by atoms with Crippen LogP contribution in [0.5, 0.6) is 0 Å². The van der Waals surface area contributed by atoms with Crippen LogP contribution in [-0.4, -0.2) is 52.8 Å². The van der Waals surface area contributed by atoms with Crippen molar-refractivity contribution in [2.24, 2.45) is 0 Å². The quantitative estimate of drug-likeness (QED) is 0.863. The Morgan fingerprint density at radius 2 is 1.72 bits per heavy atom. The monoisotopic (exact) mass is 337 g/mol. The molecule has 1 fully saturated rings. The number of hydrogen-bond acceptors (Lipinski definition) is 3. The van der Waals surface area contributed by atoms with E-state index >= 15 is 0 Å². The number of aromatic nitrogens is 1. The van der Waals surface area contributed by atoms with Crippen LogP contribution in [0, 0.1) is 13.8 Å². The minimum Gasteiger partial charge on any atom is -0.339 e. The summed E-state index contributed by atoms with van der Waals surface area (Å²) in [7, 11) is 0. The van der Waals surface area contributed by atoms with Gasteiger partial charge in [-0.15, -0.1) is 0 Å². The predicted molar refractivity (Wildman–Crippen MR) is 96.3 cm³/mol. The Kier molecular flexibility index (Phi) is 5.12. The van der Waals surface area contributed by atoms with Gasteiger partial charge in [-0.2, -0.15) is 0 Å². The molecule has 0 spiro atoms. The Morgan fingerprint density at radius 3 is 2.40 bits per heavy atom. The molecular weight excluding hydrogens is 314 g/mol. The summed E-state index contributed by atoms with van der Waals surface area (Å²) in [6.07, 6.45) is 2.04. The zero-order chi connectivity index (χ0) is 17.8. The predicted octanol–water partition coefficient (Wildman–Crippen LogP) is 2.23. The smallest absolute Gasteiger partial charge is 0.272 e. The molecule has 130 valence electrons. The molecule has 1 aliphatic rings. The van der Waals surface area contributed by atoms with Crippen LogP contribution >= 0.6 is 0 Å². The van der Waals surface area contributed by atoms with Gasteiger partial charge in [0.25, 0.3) is 5.91 Å². The van der Waals surface area contributed by atoms with Crippen molar-refractivity contribution in [1.82, 2.24) is 14.8 Å². The summed E-state index contributed by atoms with van der Waals surface area (Å²) >= 11 is 0. The lowest BCUT2D eigenvalue weighted by Crippen LogP contribution is -2.51. The van der Waals surface area contributed by atoms with Crippen LogP contribution in [0.4, 0.5) is 0 Å². The van der Waals surface area contributed by atoms with Crippen LogP contribution in [0.25, 0.3) is 0 Å². The van der Waals surface area contributed by atoms with Crippen molar-refractivity contribution in [3.05, 3.63) is 65.0 Å². The van der Waals surface area contributed by atoms with Crippen LogP contribution < -0.4 is 0 Å². The van der Waals surface area contributed by atoms with E-state index in [1.807, 2.05) is 24.8 Å². The molecule has 3 rings (SSSR count). The first kappa shape index (κ1) is 17.1. The van der Waals surface area contributed by atoms with Crippen LogP contribution in [0.3, 0.4) is 0 Å². The second-order valence-corrected chi connectivity index (χ2v) is 6.49. The highest BCUT2D eigenvalue weighted by atomic mass is 16.2. The fourth-order valence-corrected chi connectivity index (χ4v) is 3.08. The zero-order valence-corrected chi connectivity index (χ0v) is 14.7. The highest BCUT2D eigenvalue weighted by Crippen LogP contribution is 2.14. The van der Waals surface area contributed by atoms with Gasteiger partial charge in [0.2, 0.25) is 5.91 Å². The third-order valence-corrected chi connectivity index (χ3v) is 4.65. The molecular formula is C20H23N3O2. The second kappa shape index (κ2) is 7.47.